The molecule has 0 spiro atoms. The van der Waals surface area contributed by atoms with Crippen molar-refractivity contribution >= 4 is 5.97 Å². The fourth-order valence-corrected chi connectivity index (χ4v) is 3.32. The van der Waals surface area contributed by atoms with E-state index >= 15 is 0 Å². The van der Waals surface area contributed by atoms with Crippen molar-refractivity contribution in [3.05, 3.63) is 0 Å². The predicted octanol–water partition coefficient (Wildman–Crippen LogP) is 6.10. The summed E-state index contributed by atoms with van der Waals surface area (Å²) in [6.07, 6.45) is 20.5. The van der Waals surface area contributed by atoms with Crippen LogP contribution in [0.1, 0.15) is 110 Å². The van der Waals surface area contributed by atoms with E-state index in [0.29, 0.717) is 18.6 Å². The van der Waals surface area contributed by atoms with Gasteiger partial charge in [-0.1, -0.05) is 84.0 Å². The lowest BCUT2D eigenvalue weighted by Crippen LogP contribution is -1.95. The summed E-state index contributed by atoms with van der Waals surface area (Å²) in [6, 6.07) is 0. The van der Waals surface area contributed by atoms with Crippen molar-refractivity contribution in [3.8, 4) is 0 Å². The summed E-state index contributed by atoms with van der Waals surface area (Å²) in [4.78, 5) is 10.4. The molecule has 1 fully saturated rings. The lowest BCUT2D eigenvalue weighted by Gasteiger charge is -2.01. The van der Waals surface area contributed by atoms with Crippen LogP contribution in [0.3, 0.4) is 0 Å². The van der Waals surface area contributed by atoms with E-state index in [4.69, 9.17) is 9.84 Å². The first-order chi connectivity index (χ1) is 11.2. The second-order valence-electron chi connectivity index (χ2n) is 7.18. The Labute approximate surface area is 143 Å². The van der Waals surface area contributed by atoms with Gasteiger partial charge in [0.15, 0.2) is 0 Å². The molecule has 0 radical (unpaired) electrons. The van der Waals surface area contributed by atoms with Crippen molar-refractivity contribution in [2.24, 2.45) is 0 Å². The van der Waals surface area contributed by atoms with Gasteiger partial charge in [0, 0.05) is 6.42 Å². The number of hydrogen-bond acceptors (Lipinski definition) is 2. The molecule has 0 saturated carbocycles. The molecule has 1 aliphatic heterocycles. The maximum atomic E-state index is 10.4. The van der Waals surface area contributed by atoms with E-state index in [0.717, 1.165) is 12.8 Å². The van der Waals surface area contributed by atoms with E-state index in [9.17, 15) is 4.79 Å². The fourth-order valence-electron chi connectivity index (χ4n) is 3.32. The van der Waals surface area contributed by atoms with Crippen LogP contribution >= 0.6 is 0 Å². The third kappa shape index (κ3) is 12.5. The van der Waals surface area contributed by atoms with E-state index in [1.54, 1.807) is 0 Å². The monoisotopic (exact) mass is 326 g/mol. The first kappa shape index (κ1) is 20.5. The number of ether oxygens (including phenoxy) is 1. The first-order valence-electron chi connectivity index (χ1n) is 10.1. The third-order valence-electron chi connectivity index (χ3n) is 4.91. The second kappa shape index (κ2) is 13.8. The highest BCUT2D eigenvalue weighted by molar-refractivity contribution is 5.66. The van der Waals surface area contributed by atoms with Crippen molar-refractivity contribution in [3.63, 3.8) is 0 Å². The minimum atomic E-state index is -0.662. The molecule has 3 heteroatoms. The van der Waals surface area contributed by atoms with Gasteiger partial charge in [0.25, 0.3) is 0 Å². The van der Waals surface area contributed by atoms with Gasteiger partial charge in [-0.3, -0.25) is 4.79 Å². The number of carboxylic acids is 1. The first-order valence-corrected chi connectivity index (χ1v) is 10.1. The van der Waals surface area contributed by atoms with Crippen LogP contribution in [-0.2, 0) is 9.53 Å². The van der Waals surface area contributed by atoms with Gasteiger partial charge >= 0.3 is 5.97 Å². The van der Waals surface area contributed by atoms with Crippen molar-refractivity contribution in [2.75, 3.05) is 0 Å². The minimum Gasteiger partial charge on any atom is -0.481 e. The molecule has 0 aromatic rings. The molecule has 1 saturated heterocycles. The Morgan fingerprint density at radius 3 is 1.65 bits per heavy atom. The number of carbonyl (C=O) groups is 1. The zero-order chi connectivity index (χ0) is 16.8. The Hall–Kier alpha value is -0.570. The molecule has 1 aliphatic rings. The van der Waals surface area contributed by atoms with Crippen LogP contribution in [0.25, 0.3) is 0 Å². The van der Waals surface area contributed by atoms with E-state index in [1.165, 1.54) is 83.5 Å². The molecule has 0 unspecified atom stereocenters. The second-order valence-corrected chi connectivity index (χ2v) is 7.18. The summed E-state index contributed by atoms with van der Waals surface area (Å²) in [5, 5.41) is 8.56. The summed E-state index contributed by atoms with van der Waals surface area (Å²) >= 11 is 0. The SMILES string of the molecule is CCCCCCCC[C@@H]1O[C@@H]1CCCCCCCCCC(=O)O. The molecule has 0 aromatic heterocycles. The number of unbranched alkanes of at least 4 members (excludes halogenated alkanes) is 11. The van der Waals surface area contributed by atoms with Gasteiger partial charge in [0.05, 0.1) is 12.2 Å². The van der Waals surface area contributed by atoms with Crippen molar-refractivity contribution in [2.45, 2.75) is 122 Å². The van der Waals surface area contributed by atoms with Crippen LogP contribution in [0, 0.1) is 0 Å². The van der Waals surface area contributed by atoms with E-state index in [-0.39, 0.29) is 0 Å². The molecule has 3 nitrogen and oxygen atoms in total. The largest absolute Gasteiger partial charge is 0.481 e. The quantitative estimate of drug-likeness (QED) is 0.259. The van der Waals surface area contributed by atoms with Gasteiger partial charge in [-0.25, -0.2) is 0 Å². The number of aliphatic carboxylic acids is 1. The maximum absolute atomic E-state index is 10.4. The molecule has 0 aromatic carbocycles. The number of rotatable bonds is 17. The van der Waals surface area contributed by atoms with Crippen molar-refractivity contribution in [1.82, 2.24) is 0 Å². The average molecular weight is 327 g/mol. The number of hydrogen-bond donors (Lipinski definition) is 1. The Kier molecular flexibility index (Phi) is 12.3. The van der Waals surface area contributed by atoms with Crippen molar-refractivity contribution < 1.29 is 14.6 Å². The summed E-state index contributed by atoms with van der Waals surface area (Å²) in [5.74, 6) is -0.662. The van der Waals surface area contributed by atoms with E-state index < -0.39 is 5.97 Å². The Balaban J connectivity index is 1.74. The van der Waals surface area contributed by atoms with Crippen LogP contribution in [0.5, 0.6) is 0 Å². The summed E-state index contributed by atoms with van der Waals surface area (Å²) < 4.78 is 5.77. The van der Waals surface area contributed by atoms with E-state index in [2.05, 4.69) is 6.92 Å². The number of carboxylic acid groups (broad SMARTS) is 1. The molecule has 0 aliphatic carbocycles. The van der Waals surface area contributed by atoms with E-state index in [1.807, 2.05) is 0 Å². The molecule has 136 valence electrons. The lowest BCUT2D eigenvalue weighted by atomic mass is 10.0. The molecule has 23 heavy (non-hydrogen) atoms. The van der Waals surface area contributed by atoms with Gasteiger partial charge < -0.3 is 9.84 Å². The summed E-state index contributed by atoms with van der Waals surface area (Å²) in [7, 11) is 0. The van der Waals surface area contributed by atoms with Crippen LogP contribution in [-0.4, -0.2) is 23.3 Å². The molecule has 1 N–H and O–H groups in total. The standard InChI is InChI=1S/C20H38O3/c1-2-3-4-5-9-12-15-18-19(23-18)16-13-10-7-6-8-11-14-17-20(21)22/h18-19H,2-17H2,1H3,(H,21,22)/t18-,19+/m0/s1. The van der Waals surface area contributed by atoms with Gasteiger partial charge in [0.1, 0.15) is 0 Å². The molecule has 1 rings (SSSR count). The highest BCUT2D eigenvalue weighted by Crippen LogP contribution is 2.31. The van der Waals surface area contributed by atoms with Crippen LogP contribution in [0.4, 0.5) is 0 Å². The lowest BCUT2D eigenvalue weighted by molar-refractivity contribution is -0.137. The third-order valence-corrected chi connectivity index (χ3v) is 4.91. The molecule has 2 atom stereocenters. The van der Waals surface area contributed by atoms with Gasteiger partial charge in [-0.15, -0.1) is 0 Å². The van der Waals surface area contributed by atoms with Crippen molar-refractivity contribution in [1.29, 1.82) is 0 Å². The van der Waals surface area contributed by atoms with Gasteiger partial charge in [0.2, 0.25) is 0 Å². The molecule has 1 heterocycles. The smallest absolute Gasteiger partial charge is 0.303 e. The molecular weight excluding hydrogens is 288 g/mol. The number of epoxide rings is 1. The van der Waals surface area contributed by atoms with Crippen LogP contribution in [0.2, 0.25) is 0 Å². The zero-order valence-electron chi connectivity index (χ0n) is 15.2. The molecular formula is C20H38O3. The Morgan fingerprint density at radius 2 is 1.17 bits per heavy atom. The van der Waals surface area contributed by atoms with Crippen LogP contribution < -0.4 is 0 Å². The zero-order valence-corrected chi connectivity index (χ0v) is 15.2. The predicted molar refractivity (Wildman–Crippen MR) is 95.8 cm³/mol. The Bertz CT molecular complexity index is 291. The minimum absolute atomic E-state index is 0.332. The average Bonchev–Trinajstić information content (AvgIpc) is 3.27. The van der Waals surface area contributed by atoms with Crippen LogP contribution in [0.15, 0.2) is 0 Å². The highest BCUT2D eigenvalue weighted by atomic mass is 16.6. The maximum Gasteiger partial charge on any atom is 0.303 e. The Morgan fingerprint density at radius 1 is 0.739 bits per heavy atom. The summed E-state index contributed by atoms with van der Waals surface area (Å²) in [6.45, 7) is 2.27. The van der Waals surface area contributed by atoms with Gasteiger partial charge in [-0.05, 0) is 19.3 Å². The topological polar surface area (TPSA) is 49.8 Å². The van der Waals surface area contributed by atoms with Gasteiger partial charge in [-0.2, -0.15) is 0 Å². The summed E-state index contributed by atoms with van der Waals surface area (Å²) in [5.41, 5.74) is 0. The normalized spacial score (nSPS) is 19.9. The molecule has 0 amide bonds. The highest BCUT2D eigenvalue weighted by Gasteiger charge is 2.36. The fraction of sp³-hybridized carbons (Fsp3) is 0.950. The molecule has 0 bridgehead atoms.